The van der Waals surface area contributed by atoms with Gasteiger partial charge in [0.1, 0.15) is 10.8 Å². The van der Waals surface area contributed by atoms with Gasteiger partial charge in [-0.2, -0.15) is 4.98 Å². The lowest BCUT2D eigenvalue weighted by molar-refractivity contribution is 0.462. The number of hydrogen-bond acceptors (Lipinski definition) is 6. The molecule has 2 rings (SSSR count). The summed E-state index contributed by atoms with van der Waals surface area (Å²) in [5, 5.41) is 0.406. The summed E-state index contributed by atoms with van der Waals surface area (Å²) in [6, 6.07) is 7.39. The number of anilines is 1. The van der Waals surface area contributed by atoms with Gasteiger partial charge in [-0.15, -0.1) is 0 Å². The van der Waals surface area contributed by atoms with Gasteiger partial charge in [0.05, 0.1) is 9.92 Å². The molecule has 9 heteroatoms. The number of nitrogens with one attached hydrogen (secondary N) is 1. The smallest absolute Gasteiger partial charge is 0.240 e. The van der Waals surface area contributed by atoms with Crippen molar-refractivity contribution in [2.24, 2.45) is 5.84 Å². The number of ether oxygens (including phenoxy) is 1. The summed E-state index contributed by atoms with van der Waals surface area (Å²) in [6.07, 6.45) is 1.11. The lowest BCUT2D eigenvalue weighted by Gasteiger charge is -2.10. The van der Waals surface area contributed by atoms with Crippen LogP contribution in [0, 0.1) is 0 Å². The summed E-state index contributed by atoms with van der Waals surface area (Å²) in [6.45, 7) is 0. The molecule has 0 spiro atoms. The van der Waals surface area contributed by atoms with E-state index in [1.54, 1.807) is 12.1 Å². The summed E-state index contributed by atoms with van der Waals surface area (Å²) in [5.41, 5.74) is 2.31. The third-order valence-corrected chi connectivity index (χ3v) is 4.15. The van der Waals surface area contributed by atoms with Crippen LogP contribution < -0.4 is 16.0 Å². The molecule has 0 aliphatic carbocycles. The summed E-state index contributed by atoms with van der Waals surface area (Å²) in [7, 11) is -3.33. The van der Waals surface area contributed by atoms with Crippen LogP contribution in [0.3, 0.4) is 0 Å². The lowest BCUT2D eigenvalue weighted by Crippen LogP contribution is -2.09. The molecule has 0 radical (unpaired) electrons. The summed E-state index contributed by atoms with van der Waals surface area (Å²) in [5.74, 6) is 5.79. The maximum absolute atomic E-state index is 11.5. The van der Waals surface area contributed by atoms with E-state index in [-0.39, 0.29) is 32.4 Å². The maximum atomic E-state index is 11.5. The molecule has 112 valence electrons. The summed E-state index contributed by atoms with van der Waals surface area (Å²) < 4.78 is 28.5. The third-order valence-electron chi connectivity index (χ3n) is 2.48. The van der Waals surface area contributed by atoms with Crippen molar-refractivity contribution >= 4 is 38.9 Å². The van der Waals surface area contributed by atoms with Crippen molar-refractivity contribution in [3.05, 3.63) is 40.4 Å². The van der Waals surface area contributed by atoms with Crippen LogP contribution in [0.1, 0.15) is 0 Å². The number of halogens is 2. The maximum Gasteiger partial charge on any atom is 0.240 e. The zero-order chi connectivity index (χ0) is 15.6. The average molecular weight is 348 g/mol. The number of nitrogens with zero attached hydrogens (tertiary/aromatic N) is 1. The number of aromatic nitrogens is 1. The van der Waals surface area contributed by atoms with Crippen LogP contribution in [0.5, 0.6) is 11.6 Å². The SMILES string of the molecule is CS(=O)(=O)c1cccc(Oc2nc(NN)c(Cl)cc2Cl)c1. The molecule has 0 aliphatic rings. The zero-order valence-electron chi connectivity index (χ0n) is 10.8. The molecule has 1 aromatic heterocycles. The van der Waals surface area contributed by atoms with E-state index < -0.39 is 9.84 Å². The monoisotopic (exact) mass is 347 g/mol. The fourth-order valence-electron chi connectivity index (χ4n) is 1.50. The van der Waals surface area contributed by atoms with E-state index in [0.29, 0.717) is 0 Å². The first-order valence-corrected chi connectivity index (χ1v) is 8.26. The Balaban J connectivity index is 2.39. The molecule has 0 saturated heterocycles. The van der Waals surface area contributed by atoms with Crippen molar-refractivity contribution in [2.75, 3.05) is 11.7 Å². The highest BCUT2D eigenvalue weighted by Crippen LogP contribution is 2.33. The van der Waals surface area contributed by atoms with E-state index in [4.69, 9.17) is 33.8 Å². The molecule has 6 nitrogen and oxygen atoms in total. The zero-order valence-corrected chi connectivity index (χ0v) is 13.1. The molecule has 0 amide bonds. The number of hydrazine groups is 1. The van der Waals surface area contributed by atoms with Crippen LogP contribution >= 0.6 is 23.2 Å². The summed E-state index contributed by atoms with van der Waals surface area (Å²) in [4.78, 5) is 4.13. The Kier molecular flexibility index (Phi) is 4.58. The molecule has 0 unspecified atom stereocenters. The van der Waals surface area contributed by atoms with Gasteiger partial charge in [0.15, 0.2) is 15.7 Å². The summed E-state index contributed by atoms with van der Waals surface area (Å²) >= 11 is 11.8. The first kappa shape index (κ1) is 15.8. The fraction of sp³-hybridized carbons (Fsp3) is 0.0833. The van der Waals surface area contributed by atoms with Crippen LogP contribution in [0.25, 0.3) is 0 Å². The number of nitrogen functional groups attached to an aromatic ring is 1. The predicted molar refractivity (Wildman–Crippen MR) is 81.7 cm³/mol. The molecule has 0 bridgehead atoms. The van der Waals surface area contributed by atoms with Gasteiger partial charge in [0.2, 0.25) is 5.88 Å². The van der Waals surface area contributed by atoms with Crippen LogP contribution in [0.2, 0.25) is 10.0 Å². The number of nitrogens with two attached hydrogens (primary N) is 1. The fourth-order valence-corrected chi connectivity index (χ4v) is 2.61. The molecule has 0 atom stereocenters. The average Bonchev–Trinajstić information content (AvgIpc) is 2.41. The second kappa shape index (κ2) is 6.07. The minimum absolute atomic E-state index is 0.0552. The molecular formula is C12H11Cl2N3O3S. The first-order chi connectivity index (χ1) is 9.81. The Morgan fingerprint density at radius 3 is 2.57 bits per heavy atom. The van der Waals surface area contributed by atoms with Crippen LogP contribution in [0.15, 0.2) is 35.2 Å². The van der Waals surface area contributed by atoms with Gasteiger partial charge < -0.3 is 10.2 Å². The van der Waals surface area contributed by atoms with E-state index in [1.807, 2.05) is 0 Å². The van der Waals surface area contributed by atoms with Gasteiger partial charge in [0, 0.05) is 6.26 Å². The van der Waals surface area contributed by atoms with Crippen LogP contribution in [0.4, 0.5) is 5.82 Å². The minimum atomic E-state index is -3.33. The molecule has 1 aromatic carbocycles. The van der Waals surface area contributed by atoms with Gasteiger partial charge >= 0.3 is 0 Å². The van der Waals surface area contributed by atoms with Crippen molar-refractivity contribution in [1.82, 2.24) is 4.98 Å². The van der Waals surface area contributed by atoms with E-state index in [0.717, 1.165) is 6.26 Å². The normalized spacial score (nSPS) is 11.2. The van der Waals surface area contributed by atoms with E-state index in [1.165, 1.54) is 18.2 Å². The number of hydrogen-bond donors (Lipinski definition) is 2. The Hall–Kier alpha value is -1.54. The van der Waals surface area contributed by atoms with Crippen molar-refractivity contribution in [1.29, 1.82) is 0 Å². The standard InChI is InChI=1S/C12H11Cl2N3O3S/c1-21(18,19)8-4-2-3-7(5-8)20-12-10(14)6-9(13)11(16-12)17-15/h2-6H,15H2,1H3,(H,16,17). The number of benzene rings is 1. The Morgan fingerprint density at radius 2 is 1.95 bits per heavy atom. The second-order valence-corrected chi connectivity index (χ2v) is 6.93. The Morgan fingerprint density at radius 1 is 1.24 bits per heavy atom. The van der Waals surface area contributed by atoms with Gasteiger partial charge in [-0.05, 0) is 24.3 Å². The predicted octanol–water partition coefficient (Wildman–Crippen LogP) is 2.87. The molecule has 0 saturated carbocycles. The highest BCUT2D eigenvalue weighted by atomic mass is 35.5. The molecule has 0 aliphatic heterocycles. The van der Waals surface area contributed by atoms with Gasteiger partial charge in [-0.1, -0.05) is 29.3 Å². The first-order valence-electron chi connectivity index (χ1n) is 5.62. The van der Waals surface area contributed by atoms with Gasteiger partial charge in [0.25, 0.3) is 0 Å². The Bertz CT molecular complexity index is 781. The molecule has 2 aromatic rings. The van der Waals surface area contributed by atoms with Gasteiger partial charge in [-0.25, -0.2) is 14.3 Å². The van der Waals surface area contributed by atoms with Crippen molar-refractivity contribution in [2.45, 2.75) is 4.90 Å². The van der Waals surface area contributed by atoms with Crippen molar-refractivity contribution in [3.8, 4) is 11.6 Å². The minimum Gasteiger partial charge on any atom is -0.437 e. The van der Waals surface area contributed by atoms with E-state index >= 15 is 0 Å². The molecule has 3 N–H and O–H groups in total. The highest BCUT2D eigenvalue weighted by Gasteiger charge is 2.13. The van der Waals surface area contributed by atoms with Gasteiger partial charge in [-0.3, -0.25) is 0 Å². The quantitative estimate of drug-likeness (QED) is 0.652. The largest absolute Gasteiger partial charge is 0.437 e. The van der Waals surface area contributed by atoms with Crippen LogP contribution in [-0.4, -0.2) is 19.7 Å². The van der Waals surface area contributed by atoms with Crippen molar-refractivity contribution in [3.63, 3.8) is 0 Å². The van der Waals surface area contributed by atoms with Crippen LogP contribution in [-0.2, 0) is 9.84 Å². The number of rotatable bonds is 4. The van der Waals surface area contributed by atoms with E-state index in [9.17, 15) is 8.42 Å². The molecule has 21 heavy (non-hydrogen) atoms. The second-order valence-electron chi connectivity index (χ2n) is 4.10. The molecule has 1 heterocycles. The van der Waals surface area contributed by atoms with Crippen molar-refractivity contribution < 1.29 is 13.2 Å². The number of pyridine rings is 1. The molecular weight excluding hydrogens is 337 g/mol. The topological polar surface area (TPSA) is 94.3 Å². The van der Waals surface area contributed by atoms with E-state index in [2.05, 4.69) is 10.4 Å². The lowest BCUT2D eigenvalue weighted by atomic mass is 10.3. The Labute approximate surface area is 131 Å². The third kappa shape index (κ3) is 3.76. The molecule has 0 fully saturated rings. The highest BCUT2D eigenvalue weighted by molar-refractivity contribution is 7.90. The number of sulfone groups is 1.